The molecule has 6 amide bonds. The number of hydrogen-bond donors (Lipinski definition) is 14. The van der Waals surface area contributed by atoms with E-state index in [2.05, 4.69) is 31.9 Å². The van der Waals surface area contributed by atoms with Crippen LogP contribution in [0.3, 0.4) is 0 Å². The minimum atomic E-state index is -1.28. The second-order valence-corrected chi connectivity index (χ2v) is 13.7. The van der Waals surface area contributed by atoms with Gasteiger partial charge in [-0.1, -0.05) is 0 Å². The van der Waals surface area contributed by atoms with Crippen LogP contribution in [-0.2, 0) is 9.47 Å². The second-order valence-electron chi connectivity index (χ2n) is 13.7. The van der Waals surface area contributed by atoms with Crippen molar-refractivity contribution < 1.29 is 79.1 Å². The maximum absolute atomic E-state index is 13.3. The molecule has 4 unspecified atom stereocenters. The summed E-state index contributed by atoms with van der Waals surface area (Å²) in [5.74, 6) is -3.01. The van der Waals surface area contributed by atoms with Crippen LogP contribution in [0, 0.1) is 41.5 Å². The molecule has 0 radical (unpaired) electrons. The Labute approximate surface area is 345 Å². The van der Waals surface area contributed by atoms with Gasteiger partial charge < -0.3 is 71.6 Å². The van der Waals surface area contributed by atoms with Crippen LogP contribution in [0.2, 0.25) is 0 Å². The molecule has 60 heavy (non-hydrogen) atoms. The number of rotatable bonds is 21. The van der Waals surface area contributed by atoms with Gasteiger partial charge in [-0.05, 0) is 74.9 Å². The summed E-state index contributed by atoms with van der Waals surface area (Å²) in [6, 6.07) is 0. The smallest absolute Gasteiger partial charge is 0.411 e. The summed E-state index contributed by atoms with van der Waals surface area (Å²) in [6.45, 7) is 3.91. The molecule has 22 nitrogen and oxygen atoms in total. The Kier molecular flexibility index (Phi) is 20.2. The second kappa shape index (κ2) is 24.0. The molecule has 2 aromatic carbocycles. The van der Waals surface area contributed by atoms with E-state index in [1.54, 1.807) is 0 Å². The van der Waals surface area contributed by atoms with Gasteiger partial charge in [-0.3, -0.25) is 29.8 Å². The first-order valence-corrected chi connectivity index (χ1v) is 18.7. The molecule has 0 aliphatic rings. The highest BCUT2D eigenvalue weighted by Gasteiger charge is 2.29. The molecule has 2 aromatic rings. The Bertz CT molecular complexity index is 1650. The van der Waals surface area contributed by atoms with Crippen molar-refractivity contribution in [1.82, 2.24) is 21.3 Å². The summed E-state index contributed by atoms with van der Waals surface area (Å²) in [4.78, 5) is 79.1. The molecule has 0 aliphatic carbocycles. The minimum Gasteiger partial charge on any atom is -0.446 e. The topological polar surface area (TPSA) is 355 Å². The van der Waals surface area contributed by atoms with Gasteiger partial charge in [0.15, 0.2) is 0 Å². The van der Waals surface area contributed by atoms with E-state index in [0.29, 0.717) is 0 Å². The molecule has 14 N–H and O–H groups in total. The minimum absolute atomic E-state index is 0.00767. The van der Waals surface area contributed by atoms with Gasteiger partial charge in [0.2, 0.25) is 0 Å². The highest BCUT2D eigenvalue weighted by molar-refractivity contribution is 6.08. The molecule has 0 saturated carbocycles. The average molecular weight is 853 g/mol. The fourth-order valence-corrected chi connectivity index (χ4v) is 6.17. The van der Waals surface area contributed by atoms with Crippen molar-refractivity contribution in [2.75, 3.05) is 76.5 Å². The number of carbonyl (C=O) groups excluding carboxylic acids is 6. The molecule has 0 saturated heterocycles. The zero-order chi connectivity index (χ0) is 45.4. The molecular weight excluding hydrogens is 796 g/mol. The van der Waals surface area contributed by atoms with Gasteiger partial charge in [-0.25, -0.2) is 9.59 Å². The van der Waals surface area contributed by atoms with E-state index in [1.807, 2.05) is 0 Å². The first-order chi connectivity index (χ1) is 28.2. The average Bonchev–Trinajstić information content (AvgIpc) is 3.21. The predicted octanol–water partition coefficient (Wildman–Crippen LogP) is -2.33. The normalized spacial score (nSPS) is 13.0. The Morgan fingerprint density at radius 2 is 0.633 bits per heavy atom. The fourth-order valence-electron chi connectivity index (χ4n) is 6.17. The highest BCUT2D eigenvalue weighted by Crippen LogP contribution is 2.33. The maximum atomic E-state index is 13.3. The van der Waals surface area contributed by atoms with Crippen molar-refractivity contribution in [2.45, 2.75) is 66.0 Å². The molecular formula is C38H56N6O16. The summed E-state index contributed by atoms with van der Waals surface area (Å²) >= 11 is 0. The summed E-state index contributed by atoms with van der Waals surface area (Å²) < 4.78 is 10.4. The number of amides is 6. The van der Waals surface area contributed by atoms with E-state index < -0.39 is 99.9 Å². The summed E-state index contributed by atoms with van der Waals surface area (Å²) in [7, 11) is 0. The molecule has 0 aromatic heterocycles. The predicted molar refractivity (Wildman–Crippen MR) is 213 cm³/mol. The van der Waals surface area contributed by atoms with Crippen molar-refractivity contribution in [3.63, 3.8) is 0 Å². The van der Waals surface area contributed by atoms with Gasteiger partial charge in [0.1, 0.15) is 13.2 Å². The Morgan fingerprint density at radius 3 is 0.833 bits per heavy atom. The zero-order valence-electron chi connectivity index (χ0n) is 34.2. The van der Waals surface area contributed by atoms with E-state index in [9.17, 15) is 49.2 Å². The molecule has 0 bridgehead atoms. The third-order valence-electron chi connectivity index (χ3n) is 9.25. The van der Waals surface area contributed by atoms with Gasteiger partial charge >= 0.3 is 12.2 Å². The molecule has 22 heteroatoms. The van der Waals surface area contributed by atoms with E-state index in [4.69, 9.17) is 29.9 Å². The number of anilines is 2. The van der Waals surface area contributed by atoms with Crippen LogP contribution in [0.5, 0.6) is 0 Å². The van der Waals surface area contributed by atoms with Crippen LogP contribution in [0.4, 0.5) is 21.0 Å². The number of aliphatic hydroxyl groups is 8. The largest absolute Gasteiger partial charge is 0.446 e. The van der Waals surface area contributed by atoms with E-state index in [1.165, 1.54) is 41.5 Å². The number of nitrogens with one attached hydrogen (secondary N) is 6. The van der Waals surface area contributed by atoms with E-state index in [-0.39, 0.29) is 93.2 Å². The summed E-state index contributed by atoms with van der Waals surface area (Å²) in [5.41, 5.74) is 0.901. The highest BCUT2D eigenvalue weighted by atomic mass is 16.6. The van der Waals surface area contributed by atoms with Crippen molar-refractivity contribution in [3.05, 3.63) is 55.6 Å². The third-order valence-corrected chi connectivity index (χ3v) is 9.25. The van der Waals surface area contributed by atoms with Crippen LogP contribution in [0.1, 0.15) is 74.8 Å². The molecule has 0 spiro atoms. The quantitative estimate of drug-likeness (QED) is 0.0586. The zero-order valence-corrected chi connectivity index (χ0v) is 34.2. The van der Waals surface area contributed by atoms with E-state index in [0.717, 1.165) is 0 Å². The van der Waals surface area contributed by atoms with Crippen LogP contribution in [-0.4, -0.2) is 167 Å². The van der Waals surface area contributed by atoms with Gasteiger partial charge in [0.25, 0.3) is 23.6 Å². The van der Waals surface area contributed by atoms with Crippen molar-refractivity contribution in [2.24, 2.45) is 0 Å². The SMILES string of the molecule is Cc1c(NC(=O)OCCOC(=O)Nc2c(C)c(C(=O)NCC(O)CO)c(C)c(C(=O)NCC(O)CO)c2C)c(C)c(C(=O)NCC(O)CO)c(C)c1C(=O)NCC(O)CO. The lowest BCUT2D eigenvalue weighted by Gasteiger charge is -2.23. The lowest BCUT2D eigenvalue weighted by molar-refractivity contribution is 0.0792. The van der Waals surface area contributed by atoms with Crippen LogP contribution in [0.25, 0.3) is 0 Å². The first-order valence-electron chi connectivity index (χ1n) is 18.7. The number of ether oxygens (including phenoxy) is 2. The fraction of sp³-hybridized carbons (Fsp3) is 0.526. The van der Waals surface area contributed by atoms with E-state index >= 15 is 0 Å². The van der Waals surface area contributed by atoms with Crippen molar-refractivity contribution in [1.29, 1.82) is 0 Å². The monoisotopic (exact) mass is 852 g/mol. The molecule has 0 heterocycles. The number of carbonyl (C=O) groups is 6. The standard InChI is InChI=1S/C38H56N6O16/c1-17-27(33(53)39-9-23(49)13-45)19(3)31(20(4)28(17)34(54)40-10-24(50)14-46)43-37(57)59-7-8-60-38(58)44-32-21(5)29(35(55)41-11-25(51)15-47)18(2)30(22(32)6)36(56)42-12-26(52)16-48/h23-26,45-52H,7-16H2,1-6H3,(H,39,53)(H,40,54)(H,41,55)(H,42,56)(H,43,57)(H,44,58). The van der Waals surface area contributed by atoms with Gasteiger partial charge in [0, 0.05) is 48.4 Å². The maximum Gasteiger partial charge on any atom is 0.411 e. The molecule has 4 atom stereocenters. The number of benzene rings is 2. The molecule has 0 fully saturated rings. The van der Waals surface area contributed by atoms with Crippen molar-refractivity contribution >= 4 is 47.2 Å². The van der Waals surface area contributed by atoms with Gasteiger partial charge in [-0.2, -0.15) is 0 Å². The van der Waals surface area contributed by atoms with Crippen LogP contribution < -0.4 is 31.9 Å². The molecule has 334 valence electrons. The lowest BCUT2D eigenvalue weighted by atomic mass is 9.90. The first kappa shape index (κ1) is 50.7. The summed E-state index contributed by atoms with van der Waals surface area (Å²) in [6.07, 6.45) is -7.31. The van der Waals surface area contributed by atoms with Crippen LogP contribution >= 0.6 is 0 Å². The molecule has 2 rings (SSSR count). The Morgan fingerprint density at radius 1 is 0.417 bits per heavy atom. The molecule has 0 aliphatic heterocycles. The van der Waals surface area contributed by atoms with Gasteiger partial charge in [-0.15, -0.1) is 0 Å². The lowest BCUT2D eigenvalue weighted by Crippen LogP contribution is -2.37. The Balaban J connectivity index is 2.32. The van der Waals surface area contributed by atoms with Gasteiger partial charge in [0.05, 0.1) is 62.2 Å². The van der Waals surface area contributed by atoms with Crippen molar-refractivity contribution in [3.8, 4) is 0 Å². The number of aliphatic hydroxyl groups excluding tert-OH is 8. The summed E-state index contributed by atoms with van der Waals surface area (Å²) in [5, 5.41) is 90.4. The van der Waals surface area contributed by atoms with Crippen LogP contribution in [0.15, 0.2) is 0 Å². The number of hydrogen-bond acceptors (Lipinski definition) is 16. The third kappa shape index (κ3) is 13.5. The Hall–Kier alpha value is -5.46.